The van der Waals surface area contributed by atoms with Crippen molar-refractivity contribution in [1.82, 2.24) is 4.57 Å². The Kier molecular flexibility index (Phi) is 6.09. The molecule has 0 N–H and O–H groups in total. The highest BCUT2D eigenvalue weighted by molar-refractivity contribution is 7.26. The summed E-state index contributed by atoms with van der Waals surface area (Å²) in [5.74, 6) is 0. The maximum Gasteiger partial charge on any atom is 0.333 e. The Bertz CT molecular complexity index is 3740. The minimum atomic E-state index is -0.114. The lowest BCUT2D eigenvalue weighted by molar-refractivity contribution is 0.590. The van der Waals surface area contributed by atoms with Gasteiger partial charge in [0, 0.05) is 75.8 Å². The molecule has 5 heteroatoms. The van der Waals surface area contributed by atoms with E-state index in [9.17, 15) is 0 Å². The molecule has 2 aliphatic heterocycles. The van der Waals surface area contributed by atoms with Crippen LogP contribution in [0.15, 0.2) is 150 Å². The summed E-state index contributed by atoms with van der Waals surface area (Å²) in [7, 11) is 0. The molecule has 0 fully saturated rings. The smallest absolute Gasteiger partial charge is 0.333 e. The van der Waals surface area contributed by atoms with Crippen LogP contribution in [0.5, 0.6) is 0 Å². The lowest BCUT2D eigenvalue weighted by Gasteiger charge is -2.42. The number of benzene rings is 8. The molecule has 8 aromatic carbocycles. The van der Waals surface area contributed by atoms with Gasteiger partial charge in [0.05, 0.1) is 11.0 Å². The first kappa shape index (κ1) is 33.3. The predicted octanol–water partition coefficient (Wildman–Crippen LogP) is 13.9. The molecule has 3 nitrogen and oxygen atoms in total. The van der Waals surface area contributed by atoms with Gasteiger partial charge in [-0.05, 0) is 104 Å². The second-order valence-corrected chi connectivity index (χ2v) is 20.0. The number of aromatic nitrogens is 1. The van der Waals surface area contributed by atoms with Crippen LogP contribution in [0.1, 0.15) is 51.3 Å². The van der Waals surface area contributed by atoms with Gasteiger partial charge in [-0.3, -0.25) is 0 Å². The van der Waals surface area contributed by atoms with E-state index in [1.165, 1.54) is 109 Å². The Morgan fingerprint density at radius 1 is 0.550 bits per heavy atom. The third kappa shape index (κ3) is 4.07. The molecule has 284 valence electrons. The van der Waals surface area contributed by atoms with Gasteiger partial charge < -0.3 is 13.8 Å². The lowest BCUT2D eigenvalue weighted by atomic mass is 9.44. The van der Waals surface area contributed by atoms with Gasteiger partial charge in [-0.1, -0.05) is 120 Å². The highest BCUT2D eigenvalue weighted by Gasteiger charge is 2.45. The molecule has 0 radical (unpaired) electrons. The van der Waals surface area contributed by atoms with Crippen molar-refractivity contribution in [3.05, 3.63) is 162 Å². The number of furan rings is 1. The highest BCUT2D eigenvalue weighted by atomic mass is 32.1. The first-order chi connectivity index (χ1) is 29.1. The van der Waals surface area contributed by atoms with Crippen molar-refractivity contribution in [3.63, 3.8) is 0 Å². The molecule has 3 aromatic heterocycles. The molecular formula is C55H39BN2OS. The van der Waals surface area contributed by atoms with Crippen LogP contribution >= 0.6 is 11.3 Å². The van der Waals surface area contributed by atoms with Crippen molar-refractivity contribution in [2.75, 3.05) is 4.81 Å². The van der Waals surface area contributed by atoms with Crippen LogP contribution < -0.4 is 15.7 Å². The van der Waals surface area contributed by atoms with Gasteiger partial charge in [-0.2, -0.15) is 0 Å². The second-order valence-electron chi connectivity index (χ2n) is 18.9. The first-order valence-corrected chi connectivity index (χ1v) is 22.0. The molecule has 5 heterocycles. The molecule has 0 saturated carbocycles. The van der Waals surface area contributed by atoms with Gasteiger partial charge >= 0.3 is 6.85 Å². The van der Waals surface area contributed by atoms with E-state index in [2.05, 4.69) is 190 Å². The fourth-order valence-corrected chi connectivity index (χ4v) is 12.6. The normalized spacial score (nSPS) is 14.8. The molecule has 0 atom stereocenters. The van der Waals surface area contributed by atoms with E-state index in [0.717, 1.165) is 21.9 Å². The summed E-state index contributed by atoms with van der Waals surface area (Å²) in [6, 6.07) is 55.5. The van der Waals surface area contributed by atoms with Crippen LogP contribution in [0.4, 0.5) is 11.4 Å². The van der Waals surface area contributed by atoms with Crippen molar-refractivity contribution in [2.24, 2.45) is 0 Å². The number of nitrogens with zero attached hydrogens (tertiary/aromatic N) is 2. The summed E-state index contributed by atoms with van der Waals surface area (Å²) in [6.45, 7) is 11.6. The SMILES string of the molecule is CC(C)(C)c1ccc(N2B3c4cc5sc6ccccc6c5cc4-n4c5cc6c(cc5c5ccc(c3c54)-c3cc4c(cc32)oc2ccccc24)-c2ccccc2C6(C)C)cc1. The number of hydrogen-bond donors (Lipinski definition) is 0. The maximum atomic E-state index is 6.66. The van der Waals surface area contributed by atoms with Crippen LogP contribution in [0, 0.1) is 0 Å². The van der Waals surface area contributed by atoms with Gasteiger partial charge in [0.1, 0.15) is 11.2 Å². The molecule has 0 bridgehead atoms. The number of hydrogen-bond acceptors (Lipinski definition) is 3. The molecule has 0 amide bonds. The van der Waals surface area contributed by atoms with Gasteiger partial charge in [0.25, 0.3) is 0 Å². The third-order valence-corrected chi connectivity index (χ3v) is 15.5. The van der Waals surface area contributed by atoms with Crippen molar-refractivity contribution in [2.45, 2.75) is 45.4 Å². The fourth-order valence-electron chi connectivity index (χ4n) is 11.4. The van der Waals surface area contributed by atoms with E-state index in [1.807, 2.05) is 11.3 Å². The van der Waals surface area contributed by atoms with Crippen LogP contribution in [0.25, 0.3) is 91.9 Å². The zero-order chi connectivity index (χ0) is 40.0. The Labute approximate surface area is 352 Å². The number of rotatable bonds is 1. The summed E-state index contributed by atoms with van der Waals surface area (Å²) in [6.07, 6.45) is 0. The van der Waals surface area contributed by atoms with Crippen LogP contribution in [-0.4, -0.2) is 11.4 Å². The molecule has 0 unspecified atom stereocenters. The zero-order valence-corrected chi connectivity index (χ0v) is 35.0. The molecular weight excluding hydrogens is 747 g/mol. The average Bonchev–Trinajstić information content (AvgIpc) is 3.97. The molecule has 0 spiro atoms. The Morgan fingerprint density at radius 2 is 1.32 bits per heavy atom. The molecule has 11 aromatic rings. The van der Waals surface area contributed by atoms with Crippen LogP contribution in [0.3, 0.4) is 0 Å². The minimum absolute atomic E-state index is 0.0397. The maximum absolute atomic E-state index is 6.66. The largest absolute Gasteiger partial charge is 0.456 e. The van der Waals surface area contributed by atoms with Gasteiger partial charge in [0.15, 0.2) is 0 Å². The summed E-state index contributed by atoms with van der Waals surface area (Å²) in [4.78, 5) is 2.63. The molecule has 1 aliphatic carbocycles. The van der Waals surface area contributed by atoms with Gasteiger partial charge in [0.2, 0.25) is 0 Å². The summed E-state index contributed by atoms with van der Waals surface area (Å²) in [5, 5.41) is 7.56. The van der Waals surface area contributed by atoms with Crippen molar-refractivity contribution in [1.29, 1.82) is 0 Å². The van der Waals surface area contributed by atoms with E-state index in [0.29, 0.717) is 0 Å². The quantitative estimate of drug-likeness (QED) is 0.155. The first-order valence-electron chi connectivity index (χ1n) is 21.2. The van der Waals surface area contributed by atoms with Crippen molar-refractivity contribution < 1.29 is 4.42 Å². The Balaban J connectivity index is 1.16. The monoisotopic (exact) mass is 786 g/mol. The van der Waals surface area contributed by atoms with Gasteiger partial charge in [-0.15, -0.1) is 11.3 Å². The van der Waals surface area contributed by atoms with Gasteiger partial charge in [-0.25, -0.2) is 0 Å². The Morgan fingerprint density at radius 3 is 2.17 bits per heavy atom. The van der Waals surface area contributed by atoms with E-state index in [-0.39, 0.29) is 17.7 Å². The standard InChI is InChI=1S/C55H39BN2OS/c1-54(2,3)30-18-20-31(21-19-30)58-46-29-49-40(33-13-7-10-16-48(33)59-49)25-38(46)35-22-23-36-39-24-37-32-12-6-9-15-42(32)55(4,5)43(37)27-45(39)57-47-26-41-34-14-8-11-17-50(34)60-51(41)28-44(47)56(58)52(35)53(36)57/h6-29H,1-5H3. The van der Waals surface area contributed by atoms with E-state index in [4.69, 9.17) is 4.42 Å². The summed E-state index contributed by atoms with van der Waals surface area (Å²) >= 11 is 1.91. The number of fused-ring (bicyclic) bond motifs is 17. The highest BCUT2D eigenvalue weighted by Crippen LogP contribution is 2.53. The Hall–Kier alpha value is -6.56. The van der Waals surface area contributed by atoms with Crippen LogP contribution in [0.2, 0.25) is 0 Å². The molecule has 14 rings (SSSR count). The summed E-state index contributed by atoms with van der Waals surface area (Å²) < 4.78 is 12.0. The molecule has 60 heavy (non-hydrogen) atoms. The van der Waals surface area contributed by atoms with Crippen LogP contribution in [-0.2, 0) is 10.8 Å². The molecule has 0 saturated heterocycles. The van der Waals surface area contributed by atoms with Crippen molar-refractivity contribution >= 4 is 104 Å². The number of thiophene rings is 1. The molecule has 3 aliphatic rings. The number of para-hydroxylation sites is 1. The summed E-state index contributed by atoms with van der Waals surface area (Å²) in [5.41, 5.74) is 20.0. The lowest BCUT2D eigenvalue weighted by Crippen LogP contribution is -2.60. The van der Waals surface area contributed by atoms with E-state index >= 15 is 0 Å². The topological polar surface area (TPSA) is 21.3 Å². The average molecular weight is 787 g/mol. The van der Waals surface area contributed by atoms with E-state index < -0.39 is 0 Å². The second kappa shape index (κ2) is 11.0. The number of anilines is 2. The zero-order valence-electron chi connectivity index (χ0n) is 34.1. The van der Waals surface area contributed by atoms with E-state index in [1.54, 1.807) is 0 Å². The third-order valence-electron chi connectivity index (χ3n) is 14.3. The fraction of sp³-hybridized carbons (Fsp3) is 0.127. The van der Waals surface area contributed by atoms with Crippen molar-refractivity contribution in [3.8, 4) is 27.9 Å². The minimum Gasteiger partial charge on any atom is -0.456 e. The predicted molar refractivity (Wildman–Crippen MR) is 256 cm³/mol.